The Bertz CT molecular complexity index is 368. The molecule has 0 radical (unpaired) electrons. The second-order valence-electron chi connectivity index (χ2n) is 4.73. The van der Waals surface area contributed by atoms with Crippen molar-refractivity contribution in [2.24, 2.45) is 0 Å². The van der Waals surface area contributed by atoms with Crippen LogP contribution in [-0.4, -0.2) is 31.6 Å². The van der Waals surface area contributed by atoms with E-state index >= 15 is 0 Å². The lowest BCUT2D eigenvalue weighted by Gasteiger charge is -2.23. The normalized spacial score (nSPS) is 15.0. The molecule has 0 heterocycles. The van der Waals surface area contributed by atoms with Gasteiger partial charge in [-0.25, -0.2) is 4.39 Å². The number of benzene rings is 1. The molecular formula is C13H20BrFN2. The van der Waals surface area contributed by atoms with E-state index in [0.717, 1.165) is 12.1 Å². The highest BCUT2D eigenvalue weighted by Gasteiger charge is 2.11. The van der Waals surface area contributed by atoms with E-state index in [9.17, 15) is 4.39 Å². The molecule has 2 nitrogen and oxygen atoms in total. The smallest absolute Gasteiger partial charge is 0.137 e. The molecule has 4 heteroatoms. The van der Waals surface area contributed by atoms with Crippen LogP contribution in [0.25, 0.3) is 0 Å². The van der Waals surface area contributed by atoms with Crippen LogP contribution < -0.4 is 5.32 Å². The standard InChI is InChI=1S/C13H20BrFN2/c1-9(8-17(3)4)16-10(2)11-5-6-13(15)12(14)7-11/h5-7,9-10,16H,8H2,1-4H3. The second kappa shape index (κ2) is 6.47. The van der Waals surface area contributed by atoms with Crippen molar-refractivity contribution in [1.29, 1.82) is 0 Å². The fraction of sp³-hybridized carbons (Fsp3) is 0.538. The highest BCUT2D eigenvalue weighted by atomic mass is 79.9. The van der Waals surface area contributed by atoms with E-state index in [4.69, 9.17) is 0 Å². The van der Waals surface area contributed by atoms with Gasteiger partial charge in [0.15, 0.2) is 0 Å². The van der Waals surface area contributed by atoms with Crippen LogP contribution in [-0.2, 0) is 0 Å². The summed E-state index contributed by atoms with van der Waals surface area (Å²) in [4.78, 5) is 2.14. The van der Waals surface area contributed by atoms with Gasteiger partial charge < -0.3 is 10.2 Å². The van der Waals surface area contributed by atoms with E-state index in [-0.39, 0.29) is 11.9 Å². The lowest BCUT2D eigenvalue weighted by molar-refractivity contribution is 0.334. The van der Waals surface area contributed by atoms with Crippen LogP contribution in [0, 0.1) is 5.82 Å². The molecule has 0 saturated carbocycles. The molecule has 1 aromatic carbocycles. The first kappa shape index (κ1) is 14.6. The molecule has 17 heavy (non-hydrogen) atoms. The van der Waals surface area contributed by atoms with Gasteiger partial charge in [0.1, 0.15) is 5.82 Å². The zero-order valence-corrected chi connectivity index (χ0v) is 12.4. The molecule has 1 N–H and O–H groups in total. The van der Waals surface area contributed by atoms with Gasteiger partial charge in [0.05, 0.1) is 4.47 Å². The summed E-state index contributed by atoms with van der Waals surface area (Å²) in [5.74, 6) is -0.220. The van der Waals surface area contributed by atoms with Crippen LogP contribution in [0.4, 0.5) is 4.39 Å². The van der Waals surface area contributed by atoms with E-state index < -0.39 is 0 Å². The molecule has 0 spiro atoms. The van der Waals surface area contributed by atoms with Gasteiger partial charge in [-0.2, -0.15) is 0 Å². The van der Waals surface area contributed by atoms with Crippen molar-refractivity contribution in [3.05, 3.63) is 34.1 Å². The average molecular weight is 303 g/mol. The molecule has 96 valence electrons. The zero-order chi connectivity index (χ0) is 13.0. The molecule has 0 aliphatic carbocycles. The minimum Gasteiger partial charge on any atom is -0.308 e. The highest BCUT2D eigenvalue weighted by Crippen LogP contribution is 2.21. The van der Waals surface area contributed by atoms with E-state index in [0.29, 0.717) is 10.5 Å². The molecule has 0 saturated heterocycles. The Hall–Kier alpha value is -0.450. The minimum atomic E-state index is -0.220. The number of rotatable bonds is 5. The Morgan fingerprint density at radius 1 is 1.35 bits per heavy atom. The van der Waals surface area contributed by atoms with E-state index in [2.05, 4.69) is 54.1 Å². The van der Waals surface area contributed by atoms with E-state index in [1.807, 2.05) is 12.1 Å². The lowest BCUT2D eigenvalue weighted by Crippen LogP contribution is -2.37. The third kappa shape index (κ3) is 4.74. The Morgan fingerprint density at radius 2 is 2.00 bits per heavy atom. The van der Waals surface area contributed by atoms with Crippen LogP contribution in [0.15, 0.2) is 22.7 Å². The third-order valence-electron chi connectivity index (χ3n) is 2.62. The minimum absolute atomic E-state index is 0.210. The first-order valence-corrected chi connectivity index (χ1v) is 6.55. The van der Waals surface area contributed by atoms with Crippen molar-refractivity contribution in [1.82, 2.24) is 10.2 Å². The third-order valence-corrected chi connectivity index (χ3v) is 3.22. The van der Waals surface area contributed by atoms with Gasteiger partial charge in [0, 0.05) is 18.6 Å². The summed E-state index contributed by atoms with van der Waals surface area (Å²) >= 11 is 3.21. The molecule has 0 aliphatic heterocycles. The summed E-state index contributed by atoms with van der Waals surface area (Å²) in [6, 6.07) is 5.75. The first-order valence-electron chi connectivity index (χ1n) is 5.76. The highest BCUT2D eigenvalue weighted by molar-refractivity contribution is 9.10. The predicted octanol–water partition coefficient (Wildman–Crippen LogP) is 3.19. The fourth-order valence-electron chi connectivity index (χ4n) is 1.91. The van der Waals surface area contributed by atoms with Gasteiger partial charge in [-0.3, -0.25) is 0 Å². The zero-order valence-electron chi connectivity index (χ0n) is 10.8. The monoisotopic (exact) mass is 302 g/mol. The Morgan fingerprint density at radius 3 is 2.53 bits per heavy atom. The van der Waals surface area contributed by atoms with E-state index in [1.165, 1.54) is 6.07 Å². The van der Waals surface area contributed by atoms with Crippen molar-refractivity contribution >= 4 is 15.9 Å². The SMILES string of the molecule is CC(CN(C)C)NC(C)c1ccc(F)c(Br)c1. The molecule has 0 fully saturated rings. The van der Waals surface area contributed by atoms with Crippen LogP contribution in [0.3, 0.4) is 0 Å². The van der Waals surface area contributed by atoms with Crippen molar-refractivity contribution < 1.29 is 4.39 Å². The van der Waals surface area contributed by atoms with E-state index in [1.54, 1.807) is 0 Å². The number of nitrogens with one attached hydrogen (secondary N) is 1. The molecule has 0 aliphatic rings. The van der Waals surface area contributed by atoms with Crippen LogP contribution in [0.1, 0.15) is 25.5 Å². The predicted molar refractivity (Wildman–Crippen MR) is 73.7 cm³/mol. The topological polar surface area (TPSA) is 15.3 Å². The number of hydrogen-bond acceptors (Lipinski definition) is 2. The number of likely N-dealkylation sites (N-methyl/N-ethyl adjacent to an activating group) is 1. The maximum Gasteiger partial charge on any atom is 0.137 e. The summed E-state index contributed by atoms with van der Waals surface area (Å²) in [7, 11) is 4.11. The molecule has 1 aromatic rings. The summed E-state index contributed by atoms with van der Waals surface area (Å²) in [5, 5.41) is 3.49. The Kier molecular flexibility index (Phi) is 5.56. The van der Waals surface area contributed by atoms with Gasteiger partial charge in [-0.15, -0.1) is 0 Å². The summed E-state index contributed by atoms with van der Waals surface area (Å²) in [5.41, 5.74) is 1.09. The summed E-state index contributed by atoms with van der Waals surface area (Å²) in [6.45, 7) is 5.22. The van der Waals surface area contributed by atoms with Crippen molar-refractivity contribution in [3.63, 3.8) is 0 Å². The Balaban J connectivity index is 2.63. The van der Waals surface area contributed by atoms with Gasteiger partial charge in [0.25, 0.3) is 0 Å². The molecular weight excluding hydrogens is 283 g/mol. The maximum absolute atomic E-state index is 13.1. The number of hydrogen-bond donors (Lipinski definition) is 1. The maximum atomic E-state index is 13.1. The van der Waals surface area contributed by atoms with Gasteiger partial charge in [0.2, 0.25) is 0 Å². The van der Waals surface area contributed by atoms with Crippen LogP contribution >= 0.6 is 15.9 Å². The van der Waals surface area contributed by atoms with Gasteiger partial charge in [-0.05, 0) is 61.6 Å². The average Bonchev–Trinajstić information content (AvgIpc) is 2.20. The quantitative estimate of drug-likeness (QED) is 0.898. The molecule has 0 bridgehead atoms. The molecule has 1 rings (SSSR count). The molecule has 0 aromatic heterocycles. The van der Waals surface area contributed by atoms with Crippen LogP contribution in [0.2, 0.25) is 0 Å². The molecule has 0 amide bonds. The largest absolute Gasteiger partial charge is 0.308 e. The summed E-state index contributed by atoms with van der Waals surface area (Å²) < 4.78 is 13.6. The molecule has 2 atom stereocenters. The number of nitrogens with zero attached hydrogens (tertiary/aromatic N) is 1. The molecule has 2 unspecified atom stereocenters. The first-order chi connectivity index (χ1) is 7.90. The lowest BCUT2D eigenvalue weighted by atomic mass is 10.1. The van der Waals surface area contributed by atoms with Crippen LogP contribution in [0.5, 0.6) is 0 Å². The van der Waals surface area contributed by atoms with Crippen molar-refractivity contribution in [2.75, 3.05) is 20.6 Å². The fourth-order valence-corrected chi connectivity index (χ4v) is 2.30. The van der Waals surface area contributed by atoms with Gasteiger partial charge in [-0.1, -0.05) is 6.07 Å². The second-order valence-corrected chi connectivity index (χ2v) is 5.58. The van der Waals surface area contributed by atoms with Crippen molar-refractivity contribution in [2.45, 2.75) is 25.9 Å². The number of halogens is 2. The Labute approximate surface area is 111 Å². The van der Waals surface area contributed by atoms with Gasteiger partial charge >= 0.3 is 0 Å². The summed E-state index contributed by atoms with van der Waals surface area (Å²) in [6.07, 6.45) is 0. The van der Waals surface area contributed by atoms with Crippen molar-refractivity contribution in [3.8, 4) is 0 Å².